The minimum absolute atomic E-state index is 0.0260. The van der Waals surface area contributed by atoms with Crippen molar-refractivity contribution in [3.8, 4) is 5.75 Å². The van der Waals surface area contributed by atoms with Crippen LogP contribution in [0, 0.1) is 23.2 Å². The summed E-state index contributed by atoms with van der Waals surface area (Å²) in [5.74, 6) is 2.68. The van der Waals surface area contributed by atoms with E-state index in [9.17, 15) is 9.59 Å². The zero-order valence-electron chi connectivity index (χ0n) is 14.4. The Labute approximate surface area is 146 Å². The number of fused-ring (bicyclic) bond motifs is 1. The second-order valence-corrected chi connectivity index (χ2v) is 8.38. The van der Waals surface area contributed by atoms with Crippen molar-refractivity contribution < 1.29 is 13.9 Å². The SMILES string of the molecule is COc1ccc2cc(C(=O)C34CC5CC(CC(C5)C3)C4)c(=O)oc2c1. The summed E-state index contributed by atoms with van der Waals surface area (Å²) in [5.41, 5.74) is -0.128. The smallest absolute Gasteiger partial charge is 0.347 e. The molecule has 0 radical (unpaired) electrons. The van der Waals surface area contributed by atoms with Gasteiger partial charge in [-0.3, -0.25) is 4.79 Å². The van der Waals surface area contributed by atoms with Crippen LogP contribution in [0.4, 0.5) is 0 Å². The van der Waals surface area contributed by atoms with Crippen LogP contribution in [-0.2, 0) is 0 Å². The van der Waals surface area contributed by atoms with Gasteiger partial charge >= 0.3 is 5.63 Å². The maximum atomic E-state index is 13.4. The van der Waals surface area contributed by atoms with Crippen LogP contribution in [0.15, 0.2) is 33.5 Å². The number of hydrogen-bond acceptors (Lipinski definition) is 4. The van der Waals surface area contributed by atoms with Gasteiger partial charge in [-0.1, -0.05) is 0 Å². The van der Waals surface area contributed by atoms with Crippen LogP contribution in [0.3, 0.4) is 0 Å². The van der Waals surface area contributed by atoms with E-state index in [2.05, 4.69) is 0 Å². The van der Waals surface area contributed by atoms with Crippen molar-refractivity contribution in [1.29, 1.82) is 0 Å². The van der Waals surface area contributed by atoms with Gasteiger partial charge in [0.1, 0.15) is 16.9 Å². The summed E-state index contributed by atoms with van der Waals surface area (Å²) in [6, 6.07) is 7.08. The second kappa shape index (κ2) is 5.20. The van der Waals surface area contributed by atoms with Crippen LogP contribution >= 0.6 is 0 Å². The number of methoxy groups -OCH3 is 1. The van der Waals surface area contributed by atoms with E-state index in [1.54, 1.807) is 19.2 Å². The molecule has 0 atom stereocenters. The number of rotatable bonds is 3. The predicted molar refractivity (Wildman–Crippen MR) is 94.0 cm³/mol. The average Bonchev–Trinajstić information content (AvgIpc) is 2.59. The normalized spacial score (nSPS) is 32.9. The monoisotopic (exact) mass is 338 g/mol. The molecule has 4 fully saturated rings. The minimum atomic E-state index is -0.513. The first-order valence-corrected chi connectivity index (χ1v) is 9.23. The lowest BCUT2D eigenvalue weighted by Crippen LogP contribution is -2.50. The fraction of sp³-hybridized carbons (Fsp3) is 0.524. The molecule has 0 aliphatic heterocycles. The van der Waals surface area contributed by atoms with Gasteiger partial charge in [0.25, 0.3) is 0 Å². The van der Waals surface area contributed by atoms with Gasteiger partial charge in [0.15, 0.2) is 5.78 Å². The van der Waals surface area contributed by atoms with Crippen molar-refractivity contribution in [3.05, 3.63) is 40.2 Å². The lowest BCUT2D eigenvalue weighted by Gasteiger charge is -2.55. The van der Waals surface area contributed by atoms with Crippen molar-refractivity contribution in [1.82, 2.24) is 0 Å². The Balaban J connectivity index is 1.57. The highest BCUT2D eigenvalue weighted by Crippen LogP contribution is 2.60. The van der Waals surface area contributed by atoms with E-state index in [4.69, 9.17) is 9.15 Å². The summed E-state index contributed by atoms with van der Waals surface area (Å²) in [6.45, 7) is 0. The molecule has 4 aliphatic rings. The molecule has 0 unspecified atom stereocenters. The Bertz CT molecular complexity index is 888. The van der Waals surface area contributed by atoms with Crippen molar-refractivity contribution in [2.75, 3.05) is 7.11 Å². The third kappa shape index (κ3) is 2.26. The maximum Gasteiger partial charge on any atom is 0.347 e. The Hall–Kier alpha value is -2.10. The number of carbonyl (C=O) groups excluding carboxylic acids is 1. The molecule has 2 aromatic rings. The van der Waals surface area contributed by atoms with Gasteiger partial charge < -0.3 is 9.15 Å². The molecule has 25 heavy (non-hydrogen) atoms. The van der Waals surface area contributed by atoms with Crippen molar-refractivity contribution in [2.45, 2.75) is 38.5 Å². The molecule has 4 heteroatoms. The number of ketones is 1. The molecule has 1 heterocycles. The highest BCUT2D eigenvalue weighted by molar-refractivity contribution is 6.02. The van der Waals surface area contributed by atoms with Gasteiger partial charge in [-0.2, -0.15) is 0 Å². The third-order valence-electron chi connectivity index (χ3n) is 6.71. The van der Waals surface area contributed by atoms with Gasteiger partial charge in [-0.05, 0) is 74.5 Å². The summed E-state index contributed by atoms with van der Waals surface area (Å²) in [5, 5.41) is 0.772. The summed E-state index contributed by atoms with van der Waals surface area (Å²) >= 11 is 0. The Morgan fingerprint density at radius 3 is 2.32 bits per heavy atom. The summed E-state index contributed by atoms with van der Waals surface area (Å²) in [4.78, 5) is 25.9. The largest absolute Gasteiger partial charge is 0.497 e. The summed E-state index contributed by atoms with van der Waals surface area (Å²) in [6.07, 6.45) is 6.70. The Morgan fingerprint density at radius 1 is 1.08 bits per heavy atom. The molecule has 0 N–H and O–H groups in total. The van der Waals surface area contributed by atoms with Crippen LogP contribution in [0.5, 0.6) is 5.75 Å². The minimum Gasteiger partial charge on any atom is -0.497 e. The van der Waals surface area contributed by atoms with Crippen molar-refractivity contribution in [3.63, 3.8) is 0 Å². The number of hydrogen-bond donors (Lipinski definition) is 0. The zero-order valence-corrected chi connectivity index (χ0v) is 14.4. The average molecular weight is 338 g/mol. The maximum absolute atomic E-state index is 13.4. The molecule has 4 saturated carbocycles. The Morgan fingerprint density at radius 2 is 1.72 bits per heavy atom. The van der Waals surface area contributed by atoms with E-state index in [-0.39, 0.29) is 16.8 Å². The van der Waals surface area contributed by atoms with Gasteiger partial charge in [-0.25, -0.2) is 4.79 Å². The molecule has 4 nitrogen and oxygen atoms in total. The quantitative estimate of drug-likeness (QED) is 0.622. The molecule has 130 valence electrons. The van der Waals surface area contributed by atoms with Gasteiger partial charge in [0.2, 0.25) is 0 Å². The summed E-state index contributed by atoms with van der Waals surface area (Å²) in [7, 11) is 1.57. The molecule has 6 rings (SSSR count). The first-order valence-electron chi connectivity index (χ1n) is 9.23. The number of ether oxygens (including phenoxy) is 1. The van der Waals surface area contributed by atoms with Crippen LogP contribution in [0.1, 0.15) is 48.9 Å². The van der Waals surface area contributed by atoms with Gasteiger partial charge in [0.05, 0.1) is 7.11 Å². The van der Waals surface area contributed by atoms with Gasteiger partial charge in [0, 0.05) is 16.9 Å². The molecule has 0 amide bonds. The van der Waals surface area contributed by atoms with E-state index in [1.807, 2.05) is 12.1 Å². The third-order valence-corrected chi connectivity index (χ3v) is 6.71. The molecule has 1 aromatic carbocycles. The topological polar surface area (TPSA) is 56.5 Å². The molecule has 4 aliphatic carbocycles. The van der Waals surface area contributed by atoms with Crippen molar-refractivity contribution >= 4 is 16.8 Å². The highest BCUT2D eigenvalue weighted by Gasteiger charge is 2.55. The zero-order chi connectivity index (χ0) is 17.2. The Kier molecular flexibility index (Phi) is 3.16. The number of Topliss-reactive ketones (excluding diaryl/α,β-unsaturated/α-hetero) is 1. The number of benzene rings is 1. The first kappa shape index (κ1) is 15.2. The van der Waals surface area contributed by atoms with E-state index in [1.165, 1.54) is 19.3 Å². The standard InChI is InChI=1S/C21H22O4/c1-24-16-3-2-15-7-17(20(23)25-18(15)8-16)19(22)21-9-12-4-13(10-21)6-14(5-12)11-21/h2-3,7-8,12-14H,4-6,9-11H2,1H3. The molecule has 0 spiro atoms. The predicted octanol–water partition coefficient (Wildman–Crippen LogP) is 4.20. The molecular weight excluding hydrogens is 316 g/mol. The van der Waals surface area contributed by atoms with E-state index in [0.29, 0.717) is 29.1 Å². The van der Waals surface area contributed by atoms with Gasteiger partial charge in [-0.15, -0.1) is 0 Å². The van der Waals surface area contributed by atoms with Crippen molar-refractivity contribution in [2.24, 2.45) is 23.2 Å². The van der Waals surface area contributed by atoms with Crippen LogP contribution in [0.2, 0.25) is 0 Å². The van der Waals surface area contributed by atoms with E-state index in [0.717, 1.165) is 24.6 Å². The summed E-state index contributed by atoms with van der Waals surface area (Å²) < 4.78 is 10.6. The van der Waals surface area contributed by atoms with Crippen LogP contribution in [-0.4, -0.2) is 12.9 Å². The lowest BCUT2D eigenvalue weighted by molar-refractivity contribution is -0.0354. The lowest BCUT2D eigenvalue weighted by atomic mass is 9.48. The molecule has 0 saturated heterocycles. The molecule has 1 aromatic heterocycles. The van der Waals surface area contributed by atoms with Crippen LogP contribution < -0.4 is 10.4 Å². The fourth-order valence-electron chi connectivity index (χ4n) is 6.05. The fourth-order valence-corrected chi connectivity index (χ4v) is 6.05. The second-order valence-electron chi connectivity index (χ2n) is 8.38. The first-order chi connectivity index (χ1) is 12.1. The highest BCUT2D eigenvalue weighted by atomic mass is 16.5. The van der Waals surface area contributed by atoms with E-state index >= 15 is 0 Å². The molecule has 4 bridgehead atoms. The number of carbonyl (C=O) groups is 1. The molecular formula is C21H22O4. The van der Waals surface area contributed by atoms with E-state index < -0.39 is 5.63 Å². The van der Waals surface area contributed by atoms with Crippen LogP contribution in [0.25, 0.3) is 11.0 Å².